The van der Waals surface area contributed by atoms with Gasteiger partial charge in [-0.1, -0.05) is 72.3 Å². The summed E-state index contributed by atoms with van der Waals surface area (Å²) in [6.45, 7) is 8.83. The molecule has 1 aliphatic rings. The Kier molecular flexibility index (Phi) is 7.94. The van der Waals surface area contributed by atoms with E-state index in [-0.39, 0.29) is 17.3 Å². The second-order valence-electron chi connectivity index (χ2n) is 10.3. The summed E-state index contributed by atoms with van der Waals surface area (Å²) in [5.41, 5.74) is 6.28. The van der Waals surface area contributed by atoms with Gasteiger partial charge in [0.2, 0.25) is 0 Å². The van der Waals surface area contributed by atoms with Gasteiger partial charge in [-0.25, -0.2) is 8.42 Å². The predicted molar refractivity (Wildman–Crippen MR) is 161 cm³/mol. The van der Waals surface area contributed by atoms with E-state index in [0.29, 0.717) is 37.4 Å². The molecular weight excluding hydrogens is 518 g/mol. The average Bonchev–Trinajstić information content (AvgIpc) is 2.98. The largest absolute Gasteiger partial charge is 0.368 e. The van der Waals surface area contributed by atoms with Crippen LogP contribution in [0.5, 0.6) is 0 Å². The molecule has 0 unspecified atom stereocenters. The SMILES string of the molecule is Cc1ccc(S(=O)(=O)N(Cc2ccccc2)c2ccccc2C(=O)N2CCN(c3cccc(C)c3C)CC2)cc1. The second-order valence-corrected chi connectivity index (χ2v) is 12.2. The summed E-state index contributed by atoms with van der Waals surface area (Å²) in [5, 5.41) is 0. The van der Waals surface area contributed by atoms with Crippen molar-refractivity contribution in [2.45, 2.75) is 32.2 Å². The van der Waals surface area contributed by atoms with Gasteiger partial charge in [-0.05, 0) is 67.8 Å². The van der Waals surface area contributed by atoms with Gasteiger partial charge in [0.15, 0.2) is 0 Å². The van der Waals surface area contributed by atoms with E-state index in [1.807, 2.05) is 42.2 Å². The molecule has 7 heteroatoms. The lowest BCUT2D eigenvalue weighted by atomic mass is 10.1. The number of rotatable bonds is 7. The van der Waals surface area contributed by atoms with Crippen molar-refractivity contribution in [3.8, 4) is 0 Å². The highest BCUT2D eigenvalue weighted by molar-refractivity contribution is 7.92. The van der Waals surface area contributed by atoms with Gasteiger partial charge in [0.25, 0.3) is 15.9 Å². The van der Waals surface area contributed by atoms with Crippen LogP contribution >= 0.6 is 0 Å². The fourth-order valence-corrected chi connectivity index (χ4v) is 6.63. The number of nitrogens with zero attached hydrogens (tertiary/aromatic N) is 3. The summed E-state index contributed by atoms with van der Waals surface area (Å²) in [6, 6.07) is 29.7. The van der Waals surface area contributed by atoms with Gasteiger partial charge >= 0.3 is 0 Å². The maximum atomic E-state index is 14.1. The Labute approximate surface area is 237 Å². The molecule has 1 fully saturated rings. The molecule has 4 aromatic rings. The lowest BCUT2D eigenvalue weighted by Gasteiger charge is -2.37. The van der Waals surface area contributed by atoms with E-state index < -0.39 is 10.0 Å². The molecule has 0 aliphatic carbocycles. The molecule has 0 bridgehead atoms. The molecule has 0 N–H and O–H groups in total. The summed E-state index contributed by atoms with van der Waals surface area (Å²) in [4.78, 5) is 18.3. The van der Waals surface area contributed by atoms with Crippen molar-refractivity contribution in [1.29, 1.82) is 0 Å². The standard InChI is InChI=1S/C33H35N3O3S/c1-25-16-18-29(19-17-25)40(38,39)36(24-28-11-5-4-6-12-28)32-14-8-7-13-30(32)33(37)35-22-20-34(21-23-35)31-15-9-10-26(2)27(31)3/h4-19H,20-24H2,1-3H3. The summed E-state index contributed by atoms with van der Waals surface area (Å²) in [7, 11) is -3.96. The summed E-state index contributed by atoms with van der Waals surface area (Å²) in [6.07, 6.45) is 0. The number of benzene rings is 4. The quantitative estimate of drug-likeness (QED) is 0.283. The lowest BCUT2D eigenvalue weighted by Crippen LogP contribution is -2.49. The Morgan fingerprint density at radius 2 is 1.40 bits per heavy atom. The molecular formula is C33H35N3O3S. The van der Waals surface area contributed by atoms with Crippen molar-refractivity contribution in [1.82, 2.24) is 4.90 Å². The Hall–Kier alpha value is -4.10. The number of sulfonamides is 1. The number of carbonyl (C=O) groups excluding carboxylic acids is 1. The number of hydrogen-bond donors (Lipinski definition) is 0. The molecule has 5 rings (SSSR count). The third kappa shape index (κ3) is 5.61. The molecule has 1 saturated heterocycles. The average molecular weight is 554 g/mol. The first-order valence-corrected chi connectivity index (χ1v) is 15.0. The van der Waals surface area contributed by atoms with E-state index in [2.05, 4.69) is 36.9 Å². The van der Waals surface area contributed by atoms with Crippen molar-refractivity contribution in [2.75, 3.05) is 35.4 Å². The van der Waals surface area contributed by atoms with Crippen LogP contribution < -0.4 is 9.21 Å². The van der Waals surface area contributed by atoms with Crippen LogP contribution in [-0.2, 0) is 16.6 Å². The zero-order valence-electron chi connectivity index (χ0n) is 23.2. The fourth-order valence-electron chi connectivity index (χ4n) is 5.16. The summed E-state index contributed by atoms with van der Waals surface area (Å²) >= 11 is 0. The van der Waals surface area contributed by atoms with Crippen LogP contribution in [0.3, 0.4) is 0 Å². The maximum Gasteiger partial charge on any atom is 0.264 e. The minimum Gasteiger partial charge on any atom is -0.368 e. The highest BCUT2D eigenvalue weighted by atomic mass is 32.2. The molecule has 0 radical (unpaired) electrons. The number of para-hydroxylation sites is 1. The van der Waals surface area contributed by atoms with Crippen LogP contribution in [0.15, 0.2) is 102 Å². The van der Waals surface area contributed by atoms with E-state index in [9.17, 15) is 13.2 Å². The van der Waals surface area contributed by atoms with Gasteiger partial charge in [0.05, 0.1) is 22.7 Å². The minimum atomic E-state index is -3.96. The van der Waals surface area contributed by atoms with Crippen LogP contribution in [0, 0.1) is 20.8 Å². The first-order chi connectivity index (χ1) is 19.3. The van der Waals surface area contributed by atoms with Gasteiger partial charge in [0, 0.05) is 31.9 Å². The molecule has 1 heterocycles. The molecule has 6 nitrogen and oxygen atoms in total. The van der Waals surface area contributed by atoms with Crippen LogP contribution in [0.2, 0.25) is 0 Å². The molecule has 40 heavy (non-hydrogen) atoms. The van der Waals surface area contributed by atoms with Gasteiger partial charge in [0.1, 0.15) is 0 Å². The second kappa shape index (κ2) is 11.6. The van der Waals surface area contributed by atoms with Crippen molar-refractivity contribution in [3.05, 3.63) is 125 Å². The fraction of sp³-hybridized carbons (Fsp3) is 0.242. The summed E-state index contributed by atoms with van der Waals surface area (Å²) in [5.74, 6) is -0.159. The first-order valence-electron chi connectivity index (χ1n) is 13.6. The topological polar surface area (TPSA) is 60.9 Å². The molecule has 4 aromatic carbocycles. The smallest absolute Gasteiger partial charge is 0.264 e. The van der Waals surface area contributed by atoms with E-state index in [0.717, 1.165) is 11.1 Å². The normalized spacial score (nSPS) is 13.8. The molecule has 1 aliphatic heterocycles. The van der Waals surface area contributed by atoms with Crippen molar-refractivity contribution in [3.63, 3.8) is 0 Å². The van der Waals surface area contributed by atoms with Gasteiger partial charge < -0.3 is 9.80 Å². The number of anilines is 2. The lowest BCUT2D eigenvalue weighted by molar-refractivity contribution is 0.0747. The number of aryl methyl sites for hydroxylation is 2. The molecule has 0 saturated carbocycles. The molecule has 206 valence electrons. The molecule has 0 aromatic heterocycles. The predicted octanol–water partition coefficient (Wildman–Crippen LogP) is 5.97. The zero-order valence-corrected chi connectivity index (χ0v) is 24.1. The molecule has 1 amide bonds. The van der Waals surface area contributed by atoms with Crippen molar-refractivity contribution < 1.29 is 13.2 Å². The van der Waals surface area contributed by atoms with Crippen molar-refractivity contribution >= 4 is 27.3 Å². The van der Waals surface area contributed by atoms with Crippen LogP contribution in [0.4, 0.5) is 11.4 Å². The van der Waals surface area contributed by atoms with E-state index in [1.165, 1.54) is 21.1 Å². The third-order valence-corrected chi connectivity index (χ3v) is 9.44. The van der Waals surface area contributed by atoms with E-state index in [1.54, 1.807) is 48.5 Å². The Morgan fingerprint density at radius 1 is 0.750 bits per heavy atom. The van der Waals surface area contributed by atoms with Crippen LogP contribution in [-0.4, -0.2) is 45.4 Å². The number of carbonyl (C=O) groups is 1. The first kappa shape index (κ1) is 27.5. The zero-order chi connectivity index (χ0) is 28.3. The molecule has 0 atom stereocenters. The van der Waals surface area contributed by atoms with Gasteiger partial charge in [-0.3, -0.25) is 9.10 Å². The minimum absolute atomic E-state index is 0.113. The Bertz CT molecular complexity index is 1590. The number of amides is 1. The van der Waals surface area contributed by atoms with E-state index >= 15 is 0 Å². The van der Waals surface area contributed by atoms with Crippen LogP contribution in [0.1, 0.15) is 32.6 Å². The van der Waals surface area contributed by atoms with Crippen LogP contribution in [0.25, 0.3) is 0 Å². The third-order valence-electron chi connectivity index (χ3n) is 7.66. The number of hydrogen-bond acceptors (Lipinski definition) is 4. The highest BCUT2D eigenvalue weighted by Crippen LogP contribution is 2.31. The number of piperazine rings is 1. The van der Waals surface area contributed by atoms with Gasteiger partial charge in [-0.15, -0.1) is 0 Å². The Morgan fingerprint density at radius 3 is 2.10 bits per heavy atom. The molecule has 0 spiro atoms. The van der Waals surface area contributed by atoms with E-state index in [4.69, 9.17) is 0 Å². The monoisotopic (exact) mass is 553 g/mol. The maximum absolute atomic E-state index is 14.1. The Balaban J connectivity index is 1.46. The van der Waals surface area contributed by atoms with Crippen molar-refractivity contribution in [2.24, 2.45) is 0 Å². The summed E-state index contributed by atoms with van der Waals surface area (Å²) < 4.78 is 29.5. The van der Waals surface area contributed by atoms with Gasteiger partial charge in [-0.2, -0.15) is 0 Å². The highest BCUT2D eigenvalue weighted by Gasteiger charge is 2.31.